The lowest BCUT2D eigenvalue weighted by atomic mass is 9.79. The summed E-state index contributed by atoms with van der Waals surface area (Å²) in [6.07, 6.45) is 1.34. The van der Waals surface area contributed by atoms with E-state index in [4.69, 9.17) is 0 Å². The Labute approximate surface area is 111 Å². The van der Waals surface area contributed by atoms with Crippen molar-refractivity contribution in [3.8, 4) is 0 Å². The van der Waals surface area contributed by atoms with Gasteiger partial charge in [-0.15, -0.1) is 0 Å². The molecule has 1 fully saturated rings. The number of rotatable bonds is 0. The Morgan fingerprint density at radius 1 is 1.26 bits per heavy atom. The molecule has 0 spiro atoms. The lowest BCUT2D eigenvalue weighted by Crippen LogP contribution is -2.32. The first kappa shape index (κ1) is 11.0. The van der Waals surface area contributed by atoms with Crippen LogP contribution in [0.15, 0.2) is 24.3 Å². The maximum absolute atomic E-state index is 12.8. The van der Waals surface area contributed by atoms with Gasteiger partial charge in [0, 0.05) is 30.3 Å². The molecule has 96 valence electrons. The van der Waals surface area contributed by atoms with Crippen molar-refractivity contribution in [2.45, 2.75) is 25.7 Å². The van der Waals surface area contributed by atoms with Gasteiger partial charge in [0.1, 0.15) is 5.78 Å². The van der Waals surface area contributed by atoms with Crippen LogP contribution in [0, 0.1) is 5.41 Å². The van der Waals surface area contributed by atoms with Crippen LogP contribution in [-0.4, -0.2) is 16.1 Å². The van der Waals surface area contributed by atoms with Crippen LogP contribution < -0.4 is 0 Å². The standard InChI is InChI=1S/C16H15NO2/c1-16-10(7-8-12(16)18)13-9-5-3-4-6-11(9)17(2)14(13)15(16)19/h3-6,10H,7-8H2,1-2H3/t10-,16+/m1/s1. The van der Waals surface area contributed by atoms with Gasteiger partial charge in [0.15, 0.2) is 5.78 Å². The van der Waals surface area contributed by atoms with Crippen LogP contribution in [0.3, 0.4) is 0 Å². The minimum Gasteiger partial charge on any atom is -0.341 e. The molecule has 4 rings (SSSR count). The highest BCUT2D eigenvalue weighted by Crippen LogP contribution is 2.57. The Bertz CT molecular complexity index is 755. The van der Waals surface area contributed by atoms with E-state index in [0.717, 1.165) is 28.6 Å². The van der Waals surface area contributed by atoms with Crippen molar-refractivity contribution in [1.82, 2.24) is 4.57 Å². The molecule has 2 aliphatic carbocycles. The average molecular weight is 253 g/mol. The zero-order valence-corrected chi connectivity index (χ0v) is 11.1. The SMILES string of the molecule is Cn1c2c(c3ccccc31)[C@H]1CCC(=O)[C@@]1(C)C2=O. The van der Waals surface area contributed by atoms with E-state index < -0.39 is 5.41 Å². The van der Waals surface area contributed by atoms with Gasteiger partial charge in [0.2, 0.25) is 0 Å². The van der Waals surface area contributed by atoms with Gasteiger partial charge in [0.25, 0.3) is 0 Å². The van der Waals surface area contributed by atoms with Crippen molar-refractivity contribution in [1.29, 1.82) is 0 Å². The summed E-state index contributed by atoms with van der Waals surface area (Å²) < 4.78 is 1.96. The summed E-state index contributed by atoms with van der Waals surface area (Å²) in [6, 6.07) is 8.09. The van der Waals surface area contributed by atoms with Crippen LogP contribution >= 0.6 is 0 Å². The second-order valence-electron chi connectivity index (χ2n) is 5.88. The fourth-order valence-corrected chi connectivity index (χ4v) is 4.03. The number of fused-ring (bicyclic) bond motifs is 5. The summed E-state index contributed by atoms with van der Waals surface area (Å²) in [7, 11) is 1.92. The first-order valence-corrected chi connectivity index (χ1v) is 6.72. The molecule has 1 aromatic heterocycles. The number of aromatic nitrogens is 1. The number of nitrogens with zero attached hydrogens (tertiary/aromatic N) is 1. The fraction of sp³-hybridized carbons (Fsp3) is 0.375. The average Bonchev–Trinajstić information content (AvgIpc) is 2.94. The Balaban J connectivity index is 2.13. The number of aryl methyl sites for hydroxylation is 1. The molecule has 0 bridgehead atoms. The summed E-state index contributed by atoms with van der Waals surface area (Å²) in [5, 5.41) is 1.14. The topological polar surface area (TPSA) is 39.1 Å². The molecule has 0 radical (unpaired) electrons. The molecule has 2 atom stereocenters. The number of hydrogen-bond acceptors (Lipinski definition) is 2. The predicted molar refractivity (Wildman–Crippen MR) is 72.3 cm³/mol. The number of hydrogen-bond donors (Lipinski definition) is 0. The van der Waals surface area contributed by atoms with Crippen molar-refractivity contribution in [3.63, 3.8) is 0 Å². The van der Waals surface area contributed by atoms with Crippen LogP contribution in [0.1, 0.15) is 41.7 Å². The molecule has 0 N–H and O–H groups in total. The van der Waals surface area contributed by atoms with Crippen molar-refractivity contribution in [2.24, 2.45) is 12.5 Å². The fourth-order valence-electron chi connectivity index (χ4n) is 4.03. The third-order valence-electron chi connectivity index (χ3n) is 5.12. The second-order valence-corrected chi connectivity index (χ2v) is 5.88. The highest BCUT2D eigenvalue weighted by atomic mass is 16.2. The zero-order chi connectivity index (χ0) is 13.4. The van der Waals surface area contributed by atoms with Gasteiger partial charge in [-0.3, -0.25) is 9.59 Å². The molecule has 19 heavy (non-hydrogen) atoms. The predicted octanol–water partition coefficient (Wildman–Crippen LogP) is 2.83. The van der Waals surface area contributed by atoms with Crippen molar-refractivity contribution >= 4 is 22.5 Å². The first-order chi connectivity index (χ1) is 9.06. The summed E-state index contributed by atoms with van der Waals surface area (Å²) in [4.78, 5) is 24.9. The number of carbonyl (C=O) groups excluding carboxylic acids is 2. The summed E-state index contributed by atoms with van der Waals surface area (Å²) in [5.74, 6) is 0.213. The van der Waals surface area contributed by atoms with Gasteiger partial charge in [-0.2, -0.15) is 0 Å². The number of Topliss-reactive ketones (excluding diaryl/α,β-unsaturated/α-hetero) is 2. The zero-order valence-electron chi connectivity index (χ0n) is 11.1. The minimum absolute atomic E-state index is 0.0219. The molecular weight excluding hydrogens is 238 g/mol. The minimum atomic E-state index is -0.799. The Morgan fingerprint density at radius 2 is 2.00 bits per heavy atom. The van der Waals surface area contributed by atoms with E-state index in [1.807, 2.05) is 36.7 Å². The Morgan fingerprint density at radius 3 is 2.79 bits per heavy atom. The smallest absolute Gasteiger partial charge is 0.193 e. The van der Waals surface area contributed by atoms with E-state index in [2.05, 4.69) is 6.07 Å². The van der Waals surface area contributed by atoms with Crippen molar-refractivity contribution in [3.05, 3.63) is 35.5 Å². The molecule has 0 saturated heterocycles. The summed E-state index contributed by atoms with van der Waals surface area (Å²) >= 11 is 0. The molecule has 0 amide bonds. The number of benzene rings is 1. The highest BCUT2D eigenvalue weighted by molar-refractivity contribution is 6.21. The van der Waals surface area contributed by atoms with Gasteiger partial charge >= 0.3 is 0 Å². The number of para-hydroxylation sites is 1. The van der Waals surface area contributed by atoms with Gasteiger partial charge < -0.3 is 4.57 Å². The molecule has 3 heteroatoms. The molecule has 1 heterocycles. The summed E-state index contributed by atoms with van der Waals surface area (Å²) in [5.41, 5.74) is 2.15. The quantitative estimate of drug-likeness (QED) is 0.677. The number of ketones is 2. The molecule has 0 unspecified atom stereocenters. The van der Waals surface area contributed by atoms with Gasteiger partial charge in [-0.05, 0) is 25.0 Å². The first-order valence-electron chi connectivity index (χ1n) is 6.72. The van der Waals surface area contributed by atoms with Gasteiger partial charge in [-0.25, -0.2) is 0 Å². The Hall–Kier alpha value is -1.90. The maximum atomic E-state index is 12.8. The Kier molecular flexibility index (Phi) is 1.82. The third-order valence-corrected chi connectivity index (χ3v) is 5.12. The van der Waals surface area contributed by atoms with Crippen LogP contribution in [-0.2, 0) is 11.8 Å². The lowest BCUT2D eigenvalue weighted by Gasteiger charge is -2.21. The molecule has 2 aliphatic rings. The molecule has 1 saturated carbocycles. The van der Waals surface area contributed by atoms with E-state index in [0.29, 0.717) is 6.42 Å². The van der Waals surface area contributed by atoms with E-state index >= 15 is 0 Å². The van der Waals surface area contributed by atoms with Gasteiger partial charge in [-0.1, -0.05) is 18.2 Å². The van der Waals surface area contributed by atoms with Crippen molar-refractivity contribution in [2.75, 3.05) is 0 Å². The number of carbonyl (C=O) groups is 2. The monoisotopic (exact) mass is 253 g/mol. The van der Waals surface area contributed by atoms with Gasteiger partial charge in [0.05, 0.1) is 11.1 Å². The molecular formula is C16H15NO2. The molecule has 3 nitrogen and oxygen atoms in total. The van der Waals surface area contributed by atoms with Crippen molar-refractivity contribution < 1.29 is 9.59 Å². The molecule has 0 aliphatic heterocycles. The maximum Gasteiger partial charge on any atom is 0.193 e. The molecule has 2 aromatic rings. The van der Waals surface area contributed by atoms with Crippen LogP contribution in [0.2, 0.25) is 0 Å². The van der Waals surface area contributed by atoms with Crippen LogP contribution in [0.25, 0.3) is 10.9 Å². The summed E-state index contributed by atoms with van der Waals surface area (Å²) in [6.45, 7) is 1.84. The van der Waals surface area contributed by atoms with E-state index in [-0.39, 0.29) is 17.5 Å². The largest absolute Gasteiger partial charge is 0.341 e. The molecule has 1 aromatic carbocycles. The second kappa shape index (κ2) is 3.16. The third kappa shape index (κ3) is 1.02. The van der Waals surface area contributed by atoms with E-state index in [1.165, 1.54) is 0 Å². The van der Waals surface area contributed by atoms with Crippen LogP contribution in [0.5, 0.6) is 0 Å². The van der Waals surface area contributed by atoms with E-state index in [9.17, 15) is 9.59 Å². The normalized spacial score (nSPS) is 29.1. The highest BCUT2D eigenvalue weighted by Gasteiger charge is 2.59. The van der Waals surface area contributed by atoms with Crippen LogP contribution in [0.4, 0.5) is 0 Å². The van der Waals surface area contributed by atoms with E-state index in [1.54, 1.807) is 0 Å². The lowest BCUT2D eigenvalue weighted by molar-refractivity contribution is -0.123.